The average molecular weight is 867 g/mol. The molecule has 9 aromatic rings. The van der Waals surface area contributed by atoms with Crippen molar-refractivity contribution in [1.82, 2.24) is 0 Å². The Kier molecular flexibility index (Phi) is 12.9. The monoisotopic (exact) mass is 866 g/mol. The predicted molar refractivity (Wildman–Crippen MR) is 273 cm³/mol. The van der Waals surface area contributed by atoms with E-state index in [0.29, 0.717) is 12.8 Å². The molecule has 0 heterocycles. The van der Waals surface area contributed by atoms with E-state index < -0.39 is 10.8 Å². The minimum Gasteiger partial charge on any atom is -0.490 e. The van der Waals surface area contributed by atoms with Crippen molar-refractivity contribution in [2.45, 2.75) is 51.4 Å². The Morgan fingerprint density at radius 1 is 0.364 bits per heavy atom. The third-order valence-electron chi connectivity index (χ3n) is 13.4. The fourth-order valence-electron chi connectivity index (χ4n) is 9.60. The van der Waals surface area contributed by atoms with Crippen LogP contribution in [0.25, 0.3) is 43.8 Å². The molecular formula is C62H58O4. The largest absolute Gasteiger partial charge is 0.490 e. The molecule has 9 rings (SSSR count). The van der Waals surface area contributed by atoms with Crippen molar-refractivity contribution in [3.05, 3.63) is 239 Å². The molecular weight excluding hydrogens is 809 g/mol. The molecule has 0 saturated carbocycles. The first-order valence-corrected chi connectivity index (χ1v) is 23.1. The minimum absolute atomic E-state index is 0.0757. The summed E-state index contributed by atoms with van der Waals surface area (Å²) in [6.45, 7) is 9.54. The van der Waals surface area contributed by atoms with Gasteiger partial charge in [0, 0.05) is 34.8 Å². The fraction of sp³-hybridized carbons (Fsp3) is 0.194. The van der Waals surface area contributed by atoms with Crippen LogP contribution in [0.2, 0.25) is 0 Å². The summed E-state index contributed by atoms with van der Waals surface area (Å²) in [6, 6.07) is 69.4. The number of aliphatic hydroxyl groups excluding tert-OH is 2. The molecule has 66 heavy (non-hydrogen) atoms. The molecule has 0 amide bonds. The third kappa shape index (κ3) is 9.00. The minimum atomic E-state index is -0.421. The summed E-state index contributed by atoms with van der Waals surface area (Å²) in [5.41, 5.74) is 12.7. The van der Waals surface area contributed by atoms with Gasteiger partial charge in [-0.05, 0) is 89.3 Å². The molecule has 0 aliphatic rings. The highest BCUT2D eigenvalue weighted by molar-refractivity contribution is 5.87. The van der Waals surface area contributed by atoms with Gasteiger partial charge in [-0.2, -0.15) is 0 Å². The maximum atomic E-state index is 10.0. The summed E-state index contributed by atoms with van der Waals surface area (Å²) in [7, 11) is 0. The van der Waals surface area contributed by atoms with E-state index in [0.717, 1.165) is 44.9 Å². The summed E-state index contributed by atoms with van der Waals surface area (Å²) in [5, 5.41) is 24.9. The van der Waals surface area contributed by atoms with Crippen LogP contribution in [0.15, 0.2) is 194 Å². The van der Waals surface area contributed by atoms with Gasteiger partial charge in [-0.3, -0.25) is 0 Å². The zero-order valence-corrected chi connectivity index (χ0v) is 38.4. The van der Waals surface area contributed by atoms with E-state index in [1.54, 1.807) is 0 Å². The lowest BCUT2D eigenvalue weighted by Gasteiger charge is -2.32. The second kappa shape index (κ2) is 19.2. The van der Waals surface area contributed by atoms with Gasteiger partial charge in [0.05, 0.1) is 13.2 Å². The first-order valence-electron chi connectivity index (χ1n) is 23.1. The van der Waals surface area contributed by atoms with Gasteiger partial charge in [-0.25, -0.2) is 0 Å². The molecule has 0 unspecified atom stereocenters. The Balaban J connectivity index is 1.17. The van der Waals surface area contributed by atoms with Crippen LogP contribution in [0.1, 0.15) is 72.2 Å². The number of fused-ring (bicyclic) bond motifs is 2. The van der Waals surface area contributed by atoms with Crippen molar-refractivity contribution >= 4 is 21.5 Å². The van der Waals surface area contributed by atoms with E-state index in [2.05, 4.69) is 210 Å². The molecule has 0 atom stereocenters. The summed E-state index contributed by atoms with van der Waals surface area (Å²) in [5.74, 6) is 1.61. The molecule has 2 N–H and O–H groups in total. The number of ether oxygens (including phenoxy) is 2. The molecule has 9 aromatic carbocycles. The lowest BCUT2D eigenvalue weighted by atomic mass is 9.72. The highest BCUT2D eigenvalue weighted by atomic mass is 16.5. The Morgan fingerprint density at radius 2 is 0.742 bits per heavy atom. The normalized spacial score (nSPS) is 11.8. The van der Waals surface area contributed by atoms with E-state index in [1.807, 2.05) is 12.1 Å². The second-order valence-electron chi connectivity index (χ2n) is 18.4. The second-order valence-corrected chi connectivity index (χ2v) is 18.4. The van der Waals surface area contributed by atoms with Gasteiger partial charge in [0.2, 0.25) is 0 Å². The van der Waals surface area contributed by atoms with Crippen molar-refractivity contribution in [2.24, 2.45) is 0 Å². The van der Waals surface area contributed by atoms with E-state index >= 15 is 0 Å². The number of hydrogen-bond acceptors (Lipinski definition) is 4. The Hall–Kier alpha value is -6.98. The quantitative estimate of drug-likeness (QED) is 0.102. The van der Waals surface area contributed by atoms with Crippen LogP contribution < -0.4 is 9.47 Å². The van der Waals surface area contributed by atoms with E-state index in [4.69, 9.17) is 9.47 Å². The molecule has 0 fully saturated rings. The van der Waals surface area contributed by atoms with Gasteiger partial charge < -0.3 is 19.7 Å². The van der Waals surface area contributed by atoms with Crippen LogP contribution >= 0.6 is 0 Å². The predicted octanol–water partition coefficient (Wildman–Crippen LogP) is 13.9. The topological polar surface area (TPSA) is 58.9 Å². The van der Waals surface area contributed by atoms with Crippen LogP contribution in [-0.2, 0) is 23.7 Å². The number of hydrogen-bond donors (Lipinski definition) is 2. The van der Waals surface area contributed by atoms with Crippen LogP contribution in [0.4, 0.5) is 0 Å². The number of rotatable bonds is 16. The van der Waals surface area contributed by atoms with Gasteiger partial charge in [-0.15, -0.1) is 0 Å². The van der Waals surface area contributed by atoms with Crippen molar-refractivity contribution in [1.29, 1.82) is 0 Å². The van der Waals surface area contributed by atoms with Crippen molar-refractivity contribution in [3.8, 4) is 33.8 Å². The van der Waals surface area contributed by atoms with E-state index in [1.165, 1.54) is 54.9 Å². The molecule has 330 valence electrons. The summed E-state index contributed by atoms with van der Waals surface area (Å²) in [6.07, 6.45) is 1.34. The molecule has 0 aliphatic carbocycles. The van der Waals surface area contributed by atoms with Crippen molar-refractivity contribution in [3.63, 3.8) is 0 Å². The zero-order chi connectivity index (χ0) is 45.7. The van der Waals surface area contributed by atoms with Gasteiger partial charge >= 0.3 is 0 Å². The first-order chi connectivity index (χ1) is 32.1. The SMILES string of the molecule is CC(C)(c1cccc(C(C)(C)c2cc(Cc3cccc4ccccc34)c(OCCO)c(-c3ccccc3)c2)c1)c1cc(Cc2cccc3ccccc23)c(OCCO)c(-c2ccccc2)c1. The smallest absolute Gasteiger partial charge is 0.130 e. The molecule has 0 radical (unpaired) electrons. The van der Waals surface area contributed by atoms with Crippen LogP contribution in [0.3, 0.4) is 0 Å². The standard InChI is InChI=1S/C62H58O4/c1-61(2,53-38-49(36-47-26-15-24-43-22-11-13-30-55(43)47)59(65-34-32-63)57(41-53)45-18-7-5-8-19-45)51-28-17-29-52(40-51)62(3,4)54-39-50(37-48-27-16-25-44-23-12-14-31-56(44)48)60(66-35-33-64)58(42-54)46-20-9-6-10-21-46/h5-31,38-42,63-64H,32-37H2,1-4H3. The van der Waals surface area contributed by atoms with E-state index in [9.17, 15) is 10.2 Å². The summed E-state index contributed by atoms with van der Waals surface area (Å²) < 4.78 is 13.0. The van der Waals surface area contributed by atoms with Gasteiger partial charge in [0.15, 0.2) is 0 Å². The van der Waals surface area contributed by atoms with Gasteiger partial charge in [0.25, 0.3) is 0 Å². The maximum Gasteiger partial charge on any atom is 0.130 e. The molecule has 0 bridgehead atoms. The lowest BCUT2D eigenvalue weighted by Crippen LogP contribution is -2.24. The molecule has 0 spiro atoms. The summed E-state index contributed by atoms with van der Waals surface area (Å²) >= 11 is 0. The summed E-state index contributed by atoms with van der Waals surface area (Å²) in [4.78, 5) is 0. The molecule has 0 aromatic heterocycles. The Labute approximate surface area is 389 Å². The lowest BCUT2D eigenvalue weighted by molar-refractivity contribution is 0.201. The number of aliphatic hydroxyl groups is 2. The molecule has 0 aliphatic heterocycles. The van der Waals surface area contributed by atoms with Crippen LogP contribution in [0.5, 0.6) is 11.5 Å². The number of benzene rings is 9. The highest BCUT2D eigenvalue weighted by Gasteiger charge is 2.31. The fourth-order valence-corrected chi connectivity index (χ4v) is 9.60. The zero-order valence-electron chi connectivity index (χ0n) is 38.4. The average Bonchev–Trinajstić information content (AvgIpc) is 3.36. The molecule has 0 saturated heterocycles. The highest BCUT2D eigenvalue weighted by Crippen LogP contribution is 2.45. The third-order valence-corrected chi connectivity index (χ3v) is 13.4. The van der Waals surface area contributed by atoms with E-state index in [-0.39, 0.29) is 26.4 Å². The first kappa shape index (κ1) is 44.2. The van der Waals surface area contributed by atoms with Gasteiger partial charge in [0.1, 0.15) is 24.7 Å². The van der Waals surface area contributed by atoms with Crippen LogP contribution in [-0.4, -0.2) is 36.6 Å². The van der Waals surface area contributed by atoms with Crippen molar-refractivity contribution < 1.29 is 19.7 Å². The van der Waals surface area contributed by atoms with Crippen molar-refractivity contribution in [2.75, 3.05) is 26.4 Å². The van der Waals surface area contributed by atoms with Crippen LogP contribution in [0, 0.1) is 0 Å². The Morgan fingerprint density at radius 3 is 1.17 bits per heavy atom. The Bertz CT molecular complexity index is 2890. The molecule has 4 heteroatoms. The maximum absolute atomic E-state index is 10.0. The van der Waals surface area contributed by atoms with Gasteiger partial charge in [-0.1, -0.05) is 210 Å². The molecule has 4 nitrogen and oxygen atoms in total.